The number of amides is 2. The van der Waals surface area contributed by atoms with Crippen LogP contribution in [-0.2, 0) is 16.1 Å². The molecule has 164 valence electrons. The Bertz CT molecular complexity index is 1050. The van der Waals surface area contributed by atoms with Crippen molar-refractivity contribution < 1.29 is 28.3 Å². The van der Waals surface area contributed by atoms with E-state index < -0.39 is 11.9 Å². The normalized spacial score (nSPS) is 15.3. The van der Waals surface area contributed by atoms with Gasteiger partial charge in [0, 0.05) is 0 Å². The highest BCUT2D eigenvalue weighted by Gasteiger charge is 2.36. The monoisotopic (exact) mass is 443 g/mol. The summed E-state index contributed by atoms with van der Waals surface area (Å²) in [5.74, 6) is 0.402. The molecular formula is C23H25NO6S. The summed E-state index contributed by atoms with van der Waals surface area (Å²) >= 11 is 0.885. The highest BCUT2D eigenvalue weighted by Crippen LogP contribution is 2.36. The second-order valence-electron chi connectivity index (χ2n) is 7.36. The van der Waals surface area contributed by atoms with E-state index in [1.807, 2.05) is 26.0 Å². The Labute approximate surface area is 185 Å². The van der Waals surface area contributed by atoms with Crippen molar-refractivity contribution in [1.29, 1.82) is 0 Å². The third-order valence-electron chi connectivity index (χ3n) is 4.84. The Morgan fingerprint density at radius 1 is 1.26 bits per heavy atom. The van der Waals surface area contributed by atoms with Crippen molar-refractivity contribution in [2.75, 3.05) is 13.7 Å². The second kappa shape index (κ2) is 9.43. The molecule has 1 aromatic heterocycles. The van der Waals surface area contributed by atoms with E-state index in [1.54, 1.807) is 12.1 Å². The van der Waals surface area contributed by atoms with Crippen molar-refractivity contribution in [3.05, 3.63) is 57.4 Å². The average molecular weight is 444 g/mol. The first-order valence-corrected chi connectivity index (χ1v) is 10.8. The summed E-state index contributed by atoms with van der Waals surface area (Å²) in [7, 11) is 1.25. The lowest BCUT2D eigenvalue weighted by molar-refractivity contribution is -0.123. The van der Waals surface area contributed by atoms with Crippen LogP contribution in [0.3, 0.4) is 0 Å². The summed E-state index contributed by atoms with van der Waals surface area (Å²) in [5.41, 5.74) is 2.86. The summed E-state index contributed by atoms with van der Waals surface area (Å²) < 4.78 is 15.7. The topological polar surface area (TPSA) is 86.1 Å². The summed E-state index contributed by atoms with van der Waals surface area (Å²) in [6, 6.07) is 6.97. The predicted octanol–water partition coefficient (Wildman–Crippen LogP) is 5.13. The van der Waals surface area contributed by atoms with Crippen LogP contribution in [0.15, 0.2) is 33.6 Å². The smallest absolute Gasteiger partial charge is 0.373 e. The Morgan fingerprint density at radius 3 is 2.65 bits per heavy atom. The molecule has 2 heterocycles. The number of imide groups is 1. The highest BCUT2D eigenvalue weighted by molar-refractivity contribution is 8.18. The molecule has 0 saturated carbocycles. The minimum Gasteiger partial charge on any atom is -0.494 e. The van der Waals surface area contributed by atoms with E-state index in [-0.39, 0.29) is 23.5 Å². The number of esters is 1. The van der Waals surface area contributed by atoms with E-state index in [2.05, 4.69) is 18.6 Å². The third-order valence-corrected chi connectivity index (χ3v) is 5.75. The van der Waals surface area contributed by atoms with Crippen molar-refractivity contribution in [2.24, 2.45) is 0 Å². The molecule has 1 aliphatic heterocycles. The molecule has 0 spiro atoms. The maximum absolute atomic E-state index is 12.9. The van der Waals surface area contributed by atoms with Gasteiger partial charge in [-0.1, -0.05) is 13.8 Å². The molecule has 1 aromatic carbocycles. The van der Waals surface area contributed by atoms with Crippen LogP contribution in [0.25, 0.3) is 6.08 Å². The van der Waals surface area contributed by atoms with E-state index in [0.717, 1.165) is 39.1 Å². The van der Waals surface area contributed by atoms with Crippen LogP contribution in [-0.4, -0.2) is 35.7 Å². The van der Waals surface area contributed by atoms with Crippen molar-refractivity contribution in [2.45, 2.75) is 40.2 Å². The quantitative estimate of drug-likeness (QED) is 0.433. The van der Waals surface area contributed by atoms with E-state index in [9.17, 15) is 14.4 Å². The molecule has 2 aromatic rings. The lowest BCUT2D eigenvalue weighted by atomic mass is 9.96. The number of aryl methyl sites for hydroxylation is 1. The van der Waals surface area contributed by atoms with Gasteiger partial charge in [0.25, 0.3) is 11.1 Å². The molecule has 0 bridgehead atoms. The molecule has 0 aliphatic carbocycles. The number of furan rings is 1. The number of nitrogens with zero attached hydrogens (tertiary/aromatic N) is 1. The molecular weight excluding hydrogens is 418 g/mol. The molecule has 0 unspecified atom stereocenters. The number of rotatable bonds is 7. The minimum absolute atomic E-state index is 0.0197. The standard InChI is InChI=1S/C23H25NO6S/c1-6-29-19-9-14(4)15(10-17(19)13(2)3)11-20-21(25)24(23(27)31-20)12-16-7-8-18(30-16)22(26)28-5/h7-11,13H,6,12H2,1-5H3. The number of ether oxygens (including phenoxy) is 2. The van der Waals surface area contributed by atoms with Gasteiger partial charge < -0.3 is 13.9 Å². The van der Waals surface area contributed by atoms with Gasteiger partial charge in [-0.25, -0.2) is 4.79 Å². The molecule has 0 atom stereocenters. The summed E-state index contributed by atoms with van der Waals surface area (Å²) in [4.78, 5) is 38.3. The van der Waals surface area contributed by atoms with E-state index in [0.29, 0.717) is 17.3 Å². The van der Waals surface area contributed by atoms with Crippen molar-refractivity contribution >= 4 is 35.0 Å². The maximum Gasteiger partial charge on any atom is 0.373 e. The number of methoxy groups -OCH3 is 1. The molecule has 3 rings (SSSR count). The zero-order valence-electron chi connectivity index (χ0n) is 18.2. The molecule has 1 fully saturated rings. The van der Waals surface area contributed by atoms with Gasteiger partial charge in [0.15, 0.2) is 0 Å². The fourth-order valence-corrected chi connectivity index (χ4v) is 4.04. The number of hydrogen-bond acceptors (Lipinski definition) is 7. The van der Waals surface area contributed by atoms with Gasteiger partial charge >= 0.3 is 5.97 Å². The Hall–Kier alpha value is -3.00. The number of hydrogen-bond donors (Lipinski definition) is 0. The molecule has 2 amide bonds. The minimum atomic E-state index is -0.618. The molecule has 0 N–H and O–H groups in total. The lowest BCUT2D eigenvalue weighted by Gasteiger charge is -2.16. The summed E-state index contributed by atoms with van der Waals surface area (Å²) in [6.07, 6.45) is 1.74. The SMILES string of the molecule is CCOc1cc(C)c(C=C2SC(=O)N(Cc3ccc(C(=O)OC)o3)C2=O)cc1C(C)C. The fraction of sp³-hybridized carbons (Fsp3) is 0.348. The second-order valence-corrected chi connectivity index (χ2v) is 8.35. The zero-order chi connectivity index (χ0) is 22.7. The van der Waals surface area contributed by atoms with E-state index >= 15 is 0 Å². The zero-order valence-corrected chi connectivity index (χ0v) is 19.0. The summed E-state index contributed by atoms with van der Waals surface area (Å²) in [5, 5.41) is -0.389. The third kappa shape index (κ3) is 4.85. The van der Waals surface area contributed by atoms with Gasteiger partial charge in [0.1, 0.15) is 11.5 Å². The van der Waals surface area contributed by atoms with Gasteiger partial charge in [-0.3, -0.25) is 14.5 Å². The average Bonchev–Trinajstić information content (AvgIpc) is 3.30. The first-order valence-electron chi connectivity index (χ1n) is 9.94. The van der Waals surface area contributed by atoms with Gasteiger partial charge in [0.05, 0.1) is 25.2 Å². The highest BCUT2D eigenvalue weighted by atomic mass is 32.2. The summed E-state index contributed by atoms with van der Waals surface area (Å²) in [6.45, 7) is 8.56. The van der Waals surface area contributed by atoms with Crippen LogP contribution in [0, 0.1) is 6.92 Å². The number of benzene rings is 1. The van der Waals surface area contributed by atoms with Crippen LogP contribution < -0.4 is 4.74 Å². The van der Waals surface area contributed by atoms with Crippen LogP contribution in [0.5, 0.6) is 5.75 Å². The molecule has 0 radical (unpaired) electrons. The fourth-order valence-electron chi connectivity index (χ4n) is 3.21. The molecule has 8 heteroatoms. The number of carbonyl (C=O) groups is 3. The lowest BCUT2D eigenvalue weighted by Crippen LogP contribution is -2.27. The maximum atomic E-state index is 12.9. The van der Waals surface area contributed by atoms with Gasteiger partial charge in [-0.15, -0.1) is 0 Å². The van der Waals surface area contributed by atoms with E-state index in [1.165, 1.54) is 13.2 Å². The first kappa shape index (κ1) is 22.7. The van der Waals surface area contributed by atoms with E-state index in [4.69, 9.17) is 9.15 Å². The molecule has 31 heavy (non-hydrogen) atoms. The van der Waals surface area contributed by atoms with Crippen molar-refractivity contribution in [3.63, 3.8) is 0 Å². The van der Waals surface area contributed by atoms with Crippen molar-refractivity contribution in [1.82, 2.24) is 4.90 Å². The first-order chi connectivity index (χ1) is 14.7. The predicted molar refractivity (Wildman–Crippen MR) is 118 cm³/mol. The Kier molecular flexibility index (Phi) is 6.90. The largest absolute Gasteiger partial charge is 0.494 e. The van der Waals surface area contributed by atoms with Crippen molar-refractivity contribution in [3.8, 4) is 5.75 Å². The molecule has 1 aliphatic rings. The molecule has 7 nitrogen and oxygen atoms in total. The molecule has 1 saturated heterocycles. The van der Waals surface area contributed by atoms with Crippen LogP contribution in [0.1, 0.15) is 59.7 Å². The van der Waals surface area contributed by atoms with Crippen LogP contribution in [0.4, 0.5) is 4.79 Å². The Balaban J connectivity index is 1.85. The van der Waals surface area contributed by atoms with Crippen LogP contribution in [0.2, 0.25) is 0 Å². The Morgan fingerprint density at radius 2 is 2.00 bits per heavy atom. The number of carbonyl (C=O) groups excluding carboxylic acids is 3. The van der Waals surface area contributed by atoms with Gasteiger partial charge in [-0.05, 0) is 78.6 Å². The number of thioether (sulfide) groups is 1. The van der Waals surface area contributed by atoms with Crippen LogP contribution >= 0.6 is 11.8 Å². The van der Waals surface area contributed by atoms with Gasteiger partial charge in [-0.2, -0.15) is 0 Å². The van der Waals surface area contributed by atoms with Gasteiger partial charge in [0.2, 0.25) is 5.76 Å².